The van der Waals surface area contributed by atoms with Gasteiger partial charge in [0.25, 0.3) is 0 Å². The monoisotopic (exact) mass is 324 g/mol. The van der Waals surface area contributed by atoms with Crippen LogP contribution in [0.5, 0.6) is 0 Å². The molecule has 0 aromatic carbocycles. The predicted molar refractivity (Wildman–Crippen MR) is 79.3 cm³/mol. The lowest BCUT2D eigenvalue weighted by atomic mass is 10.1. The number of nitrogens with zero attached hydrogens (tertiary/aromatic N) is 3. The molecule has 0 radical (unpaired) electrons. The normalized spacial score (nSPS) is 28.3. The lowest BCUT2D eigenvalue weighted by Crippen LogP contribution is -2.32. The van der Waals surface area contributed by atoms with E-state index in [2.05, 4.69) is 26.7 Å². The van der Waals surface area contributed by atoms with Gasteiger partial charge in [-0.25, -0.2) is 9.97 Å². The summed E-state index contributed by atoms with van der Waals surface area (Å²) in [7, 11) is 0. The number of ether oxygens (including phenoxy) is 1. The Bertz CT molecular complexity index is 679. The molecule has 9 heteroatoms. The molecule has 1 aliphatic rings. The average Bonchev–Trinajstić information content (AvgIpc) is 3.08. The number of hydrogen-bond acceptors (Lipinski definition) is 8. The van der Waals surface area contributed by atoms with Crippen molar-refractivity contribution in [3.63, 3.8) is 0 Å². The van der Waals surface area contributed by atoms with E-state index in [9.17, 15) is 10.2 Å². The van der Waals surface area contributed by atoms with Crippen molar-refractivity contribution in [3.05, 3.63) is 24.7 Å². The minimum absolute atomic E-state index is 0.379. The molecule has 0 unspecified atom stereocenters. The summed E-state index contributed by atoms with van der Waals surface area (Å²) in [6.45, 7) is 3.28. The number of aliphatic hydroxyl groups is 3. The number of aliphatic hydroxyl groups excluding tert-OH is 3. The zero-order valence-corrected chi connectivity index (χ0v) is 12.4. The van der Waals surface area contributed by atoms with Gasteiger partial charge in [-0.2, -0.15) is 5.10 Å². The summed E-state index contributed by atoms with van der Waals surface area (Å²) >= 11 is 1.47. The summed E-state index contributed by atoms with van der Waals surface area (Å²) in [5.74, 6) is 0.683. The molecule has 0 aliphatic carbocycles. The van der Waals surface area contributed by atoms with Crippen LogP contribution in [0.3, 0.4) is 0 Å². The van der Waals surface area contributed by atoms with Crippen LogP contribution in [0.15, 0.2) is 24.0 Å². The Morgan fingerprint density at radius 3 is 2.82 bits per heavy atom. The first-order valence-corrected chi connectivity index (χ1v) is 7.71. The summed E-state index contributed by atoms with van der Waals surface area (Å²) in [6.07, 6.45) is -0.823. The Morgan fingerprint density at radius 2 is 2.14 bits per heavy atom. The van der Waals surface area contributed by atoms with E-state index in [1.807, 2.05) is 0 Å². The number of thioether (sulfide) groups is 1. The van der Waals surface area contributed by atoms with Gasteiger partial charge >= 0.3 is 0 Å². The van der Waals surface area contributed by atoms with Crippen molar-refractivity contribution in [2.24, 2.45) is 0 Å². The molecule has 4 N–H and O–H groups in total. The van der Waals surface area contributed by atoms with Crippen molar-refractivity contribution in [1.29, 1.82) is 0 Å². The minimum atomic E-state index is -1.17. The summed E-state index contributed by atoms with van der Waals surface area (Å²) in [5, 5.41) is 36.8. The molecule has 1 fully saturated rings. The van der Waals surface area contributed by atoms with Gasteiger partial charge in [-0.3, -0.25) is 5.10 Å². The largest absolute Gasteiger partial charge is 0.394 e. The highest BCUT2D eigenvalue weighted by atomic mass is 32.2. The first-order chi connectivity index (χ1) is 10.7. The van der Waals surface area contributed by atoms with Crippen LogP contribution in [-0.2, 0) is 4.74 Å². The number of rotatable bonds is 5. The van der Waals surface area contributed by atoms with Gasteiger partial charge in [0.05, 0.1) is 12.3 Å². The quantitative estimate of drug-likeness (QED) is 0.338. The Hall–Kier alpha value is -1.52. The lowest BCUT2D eigenvalue weighted by Gasteiger charge is -2.12. The smallest absolute Gasteiger partial charge is 0.143 e. The molecule has 1 saturated heterocycles. The van der Waals surface area contributed by atoms with Crippen LogP contribution in [0, 0.1) is 0 Å². The van der Waals surface area contributed by atoms with E-state index < -0.39 is 24.4 Å². The molecule has 22 heavy (non-hydrogen) atoms. The average molecular weight is 324 g/mol. The van der Waals surface area contributed by atoms with Crippen LogP contribution < -0.4 is 0 Å². The number of hydrogen-bond donors (Lipinski definition) is 4. The van der Waals surface area contributed by atoms with E-state index in [0.717, 1.165) is 0 Å². The molecule has 0 amide bonds. The Kier molecular flexibility index (Phi) is 4.41. The van der Waals surface area contributed by atoms with Crippen molar-refractivity contribution in [2.45, 2.75) is 29.4 Å². The van der Waals surface area contributed by atoms with Gasteiger partial charge in [0.15, 0.2) is 0 Å². The molecule has 118 valence electrons. The SMILES string of the molecule is C=CCSc1ncnc2c([C@@H]3O[C@@H](CO)[C@@H](O)[C@@H]3O)[nH]nc12. The maximum absolute atomic E-state index is 10.1. The van der Waals surface area contributed by atoms with Gasteiger partial charge in [-0.15, -0.1) is 6.58 Å². The molecule has 2 aromatic rings. The third kappa shape index (κ3) is 2.50. The van der Waals surface area contributed by atoms with Crippen molar-refractivity contribution in [2.75, 3.05) is 12.4 Å². The van der Waals surface area contributed by atoms with E-state index >= 15 is 0 Å². The first kappa shape index (κ1) is 15.4. The molecule has 4 atom stereocenters. The molecule has 8 nitrogen and oxygen atoms in total. The maximum Gasteiger partial charge on any atom is 0.143 e. The van der Waals surface area contributed by atoms with Crippen molar-refractivity contribution in [1.82, 2.24) is 20.2 Å². The number of aromatic nitrogens is 4. The zero-order chi connectivity index (χ0) is 15.7. The van der Waals surface area contributed by atoms with E-state index in [1.54, 1.807) is 6.08 Å². The third-order valence-electron chi connectivity index (χ3n) is 3.50. The highest BCUT2D eigenvalue weighted by Crippen LogP contribution is 2.36. The summed E-state index contributed by atoms with van der Waals surface area (Å²) in [4.78, 5) is 8.36. The van der Waals surface area contributed by atoms with Gasteiger partial charge in [-0.05, 0) is 0 Å². The van der Waals surface area contributed by atoms with Crippen molar-refractivity contribution in [3.8, 4) is 0 Å². The highest BCUT2D eigenvalue weighted by Gasteiger charge is 2.44. The molecule has 2 aromatic heterocycles. The van der Waals surface area contributed by atoms with Crippen LogP contribution in [0.25, 0.3) is 11.0 Å². The van der Waals surface area contributed by atoms with E-state index in [0.29, 0.717) is 27.5 Å². The number of fused-ring (bicyclic) bond motifs is 1. The second-order valence-corrected chi connectivity index (χ2v) is 5.88. The molecule has 3 heterocycles. The van der Waals surface area contributed by atoms with Gasteiger partial charge in [0.2, 0.25) is 0 Å². The molecule has 1 aliphatic heterocycles. The van der Waals surface area contributed by atoms with Gasteiger partial charge < -0.3 is 20.1 Å². The predicted octanol–water partition coefficient (Wildman–Crippen LogP) is -0.215. The van der Waals surface area contributed by atoms with Crippen LogP contribution in [0.1, 0.15) is 11.8 Å². The number of H-pyrrole nitrogens is 1. The highest BCUT2D eigenvalue weighted by molar-refractivity contribution is 7.99. The fourth-order valence-corrected chi connectivity index (χ4v) is 3.09. The van der Waals surface area contributed by atoms with Crippen LogP contribution in [-0.4, -0.2) is 66.2 Å². The molecular formula is C13H16N4O4S. The fraction of sp³-hybridized carbons (Fsp3) is 0.462. The van der Waals surface area contributed by atoms with Crippen molar-refractivity contribution < 1.29 is 20.1 Å². The molecule has 0 bridgehead atoms. The minimum Gasteiger partial charge on any atom is -0.394 e. The zero-order valence-electron chi connectivity index (χ0n) is 11.6. The summed E-state index contributed by atoms with van der Waals surface area (Å²) in [5.41, 5.74) is 1.55. The molecule has 0 saturated carbocycles. The van der Waals surface area contributed by atoms with Crippen LogP contribution in [0.4, 0.5) is 0 Å². The Labute approximate surface area is 130 Å². The molecule has 0 spiro atoms. The maximum atomic E-state index is 10.1. The number of nitrogens with one attached hydrogen (secondary N) is 1. The van der Waals surface area contributed by atoms with E-state index in [4.69, 9.17) is 9.84 Å². The number of aromatic amines is 1. The Balaban J connectivity index is 1.97. The first-order valence-electron chi connectivity index (χ1n) is 6.72. The van der Waals surface area contributed by atoms with Crippen molar-refractivity contribution >= 4 is 22.8 Å². The lowest BCUT2D eigenvalue weighted by molar-refractivity contribution is -0.0236. The van der Waals surface area contributed by atoms with Gasteiger partial charge in [0.1, 0.15) is 46.8 Å². The van der Waals surface area contributed by atoms with Crippen LogP contribution >= 0.6 is 11.8 Å². The van der Waals surface area contributed by atoms with E-state index in [-0.39, 0.29) is 6.61 Å². The summed E-state index contributed by atoms with van der Waals surface area (Å²) < 4.78 is 5.50. The summed E-state index contributed by atoms with van der Waals surface area (Å²) in [6, 6.07) is 0. The topological polar surface area (TPSA) is 124 Å². The molecular weight excluding hydrogens is 308 g/mol. The Morgan fingerprint density at radius 1 is 1.32 bits per heavy atom. The third-order valence-corrected chi connectivity index (χ3v) is 4.47. The fourth-order valence-electron chi connectivity index (χ4n) is 2.41. The second-order valence-electron chi connectivity index (χ2n) is 4.87. The standard InChI is InChI=1S/C13H16N4O4S/c1-2-3-22-13-9-7(14-5-15-13)8(16-17-9)12-11(20)10(19)6(4-18)21-12/h2,5-6,10-12,18-20H,1,3-4H2,(H,16,17)/t6-,10+,11-,12-/m0/s1. The van der Waals surface area contributed by atoms with E-state index in [1.165, 1.54) is 18.1 Å². The van der Waals surface area contributed by atoms with Gasteiger partial charge in [0, 0.05) is 5.75 Å². The second kappa shape index (κ2) is 6.31. The molecule has 3 rings (SSSR count). The van der Waals surface area contributed by atoms with Crippen LogP contribution in [0.2, 0.25) is 0 Å². The van der Waals surface area contributed by atoms with Gasteiger partial charge in [-0.1, -0.05) is 17.8 Å².